The number of benzene rings is 1. The Bertz CT molecular complexity index is 631. The Hall–Kier alpha value is -1.65. The van der Waals surface area contributed by atoms with Crippen molar-refractivity contribution in [2.45, 2.75) is 19.9 Å². The van der Waals surface area contributed by atoms with Crippen molar-refractivity contribution >= 4 is 28.5 Å². The molecule has 5 heteroatoms. The number of rotatable bonds is 6. The normalized spacial score (nSPS) is 11.0. The lowest BCUT2D eigenvalue weighted by atomic mass is 10.1. The van der Waals surface area contributed by atoms with Gasteiger partial charge in [-0.1, -0.05) is 36.7 Å². The number of hydrogen-bond donors (Lipinski definition) is 0. The van der Waals surface area contributed by atoms with E-state index >= 15 is 0 Å². The fourth-order valence-electron chi connectivity index (χ4n) is 2.19. The van der Waals surface area contributed by atoms with Crippen molar-refractivity contribution in [3.05, 3.63) is 41.0 Å². The molecule has 112 valence electrons. The first-order chi connectivity index (χ1) is 10.1. The fourth-order valence-corrected chi connectivity index (χ4v) is 2.39. The number of pyridine rings is 1. The summed E-state index contributed by atoms with van der Waals surface area (Å²) in [6, 6.07) is 9.95. The van der Waals surface area contributed by atoms with Crippen LogP contribution in [0.25, 0.3) is 10.9 Å². The van der Waals surface area contributed by atoms with Crippen LogP contribution in [0.5, 0.6) is 0 Å². The molecular weight excluding hydrogens is 288 g/mol. The minimum absolute atomic E-state index is 0.198. The maximum atomic E-state index is 11.2. The molecule has 0 aliphatic heterocycles. The van der Waals surface area contributed by atoms with E-state index < -0.39 is 0 Å². The molecule has 4 nitrogen and oxygen atoms in total. The molecule has 0 N–H and O–H groups in total. The maximum Gasteiger partial charge on any atom is 0.306 e. The van der Waals surface area contributed by atoms with Crippen LogP contribution < -0.4 is 0 Å². The van der Waals surface area contributed by atoms with Crippen molar-refractivity contribution in [1.82, 2.24) is 9.88 Å². The van der Waals surface area contributed by atoms with Crippen LogP contribution in [0.2, 0.25) is 5.15 Å². The second-order valence-electron chi connectivity index (χ2n) is 4.83. The van der Waals surface area contributed by atoms with E-state index in [1.165, 1.54) is 7.11 Å². The molecule has 21 heavy (non-hydrogen) atoms. The van der Waals surface area contributed by atoms with E-state index in [-0.39, 0.29) is 5.97 Å². The quantitative estimate of drug-likeness (QED) is 0.607. The van der Waals surface area contributed by atoms with E-state index in [0.717, 1.165) is 23.0 Å². The monoisotopic (exact) mass is 306 g/mol. The average Bonchev–Trinajstić information content (AvgIpc) is 2.51. The van der Waals surface area contributed by atoms with Crippen LogP contribution in [-0.4, -0.2) is 36.1 Å². The number of aromatic nitrogens is 1. The smallest absolute Gasteiger partial charge is 0.306 e. The van der Waals surface area contributed by atoms with Gasteiger partial charge in [-0.25, -0.2) is 4.98 Å². The zero-order valence-corrected chi connectivity index (χ0v) is 13.1. The van der Waals surface area contributed by atoms with E-state index in [9.17, 15) is 4.79 Å². The molecule has 2 aromatic rings. The van der Waals surface area contributed by atoms with Crippen LogP contribution in [-0.2, 0) is 16.1 Å². The minimum Gasteiger partial charge on any atom is -0.469 e. The van der Waals surface area contributed by atoms with Crippen molar-refractivity contribution in [2.24, 2.45) is 0 Å². The van der Waals surface area contributed by atoms with Gasteiger partial charge in [-0.05, 0) is 18.7 Å². The van der Waals surface area contributed by atoms with Crippen molar-refractivity contribution in [1.29, 1.82) is 0 Å². The summed E-state index contributed by atoms with van der Waals surface area (Å²) in [5.74, 6) is -0.198. The molecular formula is C16H19ClN2O2. The van der Waals surface area contributed by atoms with Gasteiger partial charge in [0.15, 0.2) is 0 Å². The van der Waals surface area contributed by atoms with Crippen molar-refractivity contribution in [3.8, 4) is 0 Å². The van der Waals surface area contributed by atoms with Crippen LogP contribution in [0, 0.1) is 0 Å². The Kier molecular flexibility index (Phi) is 5.53. The molecule has 1 aromatic carbocycles. The predicted octanol–water partition coefficient (Wildman–Crippen LogP) is 3.27. The molecule has 0 saturated carbocycles. The standard InChI is InChI=1S/C16H19ClN2O2/c1-3-19(9-8-15(20)21-2)11-13-10-12-6-4-5-7-14(12)18-16(13)17/h4-7,10H,3,8-9,11H2,1-2H3. The highest BCUT2D eigenvalue weighted by Crippen LogP contribution is 2.21. The van der Waals surface area contributed by atoms with E-state index in [4.69, 9.17) is 11.6 Å². The number of para-hydroxylation sites is 1. The van der Waals surface area contributed by atoms with Gasteiger partial charge in [0.25, 0.3) is 0 Å². The first kappa shape index (κ1) is 15.7. The Labute approximate surface area is 129 Å². The third-order valence-electron chi connectivity index (χ3n) is 3.45. The SMILES string of the molecule is CCN(CCC(=O)OC)Cc1cc2ccccc2nc1Cl. The number of ether oxygens (including phenoxy) is 1. The summed E-state index contributed by atoms with van der Waals surface area (Å²) in [6.45, 7) is 4.20. The van der Waals surface area contributed by atoms with E-state index in [1.807, 2.05) is 24.3 Å². The number of halogens is 1. The summed E-state index contributed by atoms with van der Waals surface area (Å²) in [5, 5.41) is 1.59. The second kappa shape index (κ2) is 7.38. The van der Waals surface area contributed by atoms with Gasteiger partial charge in [0.05, 0.1) is 19.0 Å². The predicted molar refractivity (Wildman–Crippen MR) is 84.3 cm³/mol. The molecule has 0 saturated heterocycles. The molecule has 0 radical (unpaired) electrons. The van der Waals surface area contributed by atoms with Crippen molar-refractivity contribution in [2.75, 3.05) is 20.2 Å². The Morgan fingerprint density at radius 2 is 2.14 bits per heavy atom. The zero-order valence-electron chi connectivity index (χ0n) is 12.3. The molecule has 0 bridgehead atoms. The van der Waals surface area contributed by atoms with Crippen LogP contribution in [0.3, 0.4) is 0 Å². The van der Waals surface area contributed by atoms with Gasteiger partial charge in [0.2, 0.25) is 0 Å². The Morgan fingerprint density at radius 3 is 2.86 bits per heavy atom. The Morgan fingerprint density at radius 1 is 1.38 bits per heavy atom. The molecule has 0 fully saturated rings. The van der Waals surface area contributed by atoms with Gasteiger partial charge in [0, 0.05) is 24.0 Å². The lowest BCUT2D eigenvalue weighted by Crippen LogP contribution is -2.26. The van der Waals surface area contributed by atoms with Gasteiger partial charge < -0.3 is 4.74 Å². The number of methoxy groups -OCH3 is 1. The van der Waals surface area contributed by atoms with Crippen LogP contribution in [0.4, 0.5) is 0 Å². The van der Waals surface area contributed by atoms with Gasteiger partial charge >= 0.3 is 5.97 Å². The third-order valence-corrected chi connectivity index (χ3v) is 3.78. The maximum absolute atomic E-state index is 11.2. The molecule has 2 rings (SSSR count). The second-order valence-corrected chi connectivity index (χ2v) is 5.18. The van der Waals surface area contributed by atoms with E-state index in [0.29, 0.717) is 24.7 Å². The molecule has 0 unspecified atom stereocenters. The third kappa shape index (κ3) is 4.16. The average molecular weight is 307 g/mol. The lowest BCUT2D eigenvalue weighted by molar-refractivity contribution is -0.141. The highest BCUT2D eigenvalue weighted by atomic mass is 35.5. The number of nitrogens with zero attached hydrogens (tertiary/aromatic N) is 2. The molecule has 0 atom stereocenters. The summed E-state index contributed by atoms with van der Waals surface area (Å²) in [7, 11) is 1.41. The summed E-state index contributed by atoms with van der Waals surface area (Å²) < 4.78 is 4.67. The highest BCUT2D eigenvalue weighted by molar-refractivity contribution is 6.30. The van der Waals surface area contributed by atoms with Gasteiger partial charge in [-0.3, -0.25) is 9.69 Å². The zero-order chi connectivity index (χ0) is 15.2. The van der Waals surface area contributed by atoms with E-state index in [1.54, 1.807) is 0 Å². The molecule has 0 aliphatic rings. The summed E-state index contributed by atoms with van der Waals surface area (Å²) in [4.78, 5) is 17.8. The highest BCUT2D eigenvalue weighted by Gasteiger charge is 2.11. The largest absolute Gasteiger partial charge is 0.469 e. The molecule has 1 aromatic heterocycles. The van der Waals surface area contributed by atoms with Crippen molar-refractivity contribution < 1.29 is 9.53 Å². The number of carbonyl (C=O) groups is 1. The summed E-state index contributed by atoms with van der Waals surface area (Å²) in [5.41, 5.74) is 1.87. The summed E-state index contributed by atoms with van der Waals surface area (Å²) >= 11 is 6.26. The first-order valence-electron chi connectivity index (χ1n) is 6.97. The minimum atomic E-state index is -0.198. The van der Waals surface area contributed by atoms with E-state index in [2.05, 4.69) is 27.6 Å². The molecule has 0 spiro atoms. The van der Waals surface area contributed by atoms with Crippen LogP contribution in [0.1, 0.15) is 18.9 Å². The van der Waals surface area contributed by atoms with Gasteiger partial charge in [-0.15, -0.1) is 0 Å². The number of hydrogen-bond acceptors (Lipinski definition) is 4. The lowest BCUT2D eigenvalue weighted by Gasteiger charge is -2.20. The Balaban J connectivity index is 2.13. The molecule has 0 amide bonds. The fraction of sp³-hybridized carbons (Fsp3) is 0.375. The van der Waals surface area contributed by atoms with Gasteiger partial charge in [-0.2, -0.15) is 0 Å². The van der Waals surface area contributed by atoms with Gasteiger partial charge in [0.1, 0.15) is 5.15 Å². The number of fused-ring (bicyclic) bond motifs is 1. The van der Waals surface area contributed by atoms with Crippen LogP contribution >= 0.6 is 11.6 Å². The summed E-state index contributed by atoms with van der Waals surface area (Å²) in [6.07, 6.45) is 0.378. The molecule has 1 heterocycles. The molecule has 0 aliphatic carbocycles. The van der Waals surface area contributed by atoms with Crippen LogP contribution in [0.15, 0.2) is 30.3 Å². The first-order valence-corrected chi connectivity index (χ1v) is 7.35. The number of esters is 1. The number of carbonyl (C=O) groups excluding carboxylic acids is 1. The topological polar surface area (TPSA) is 42.4 Å². The van der Waals surface area contributed by atoms with Crippen molar-refractivity contribution in [3.63, 3.8) is 0 Å².